The average Bonchev–Trinajstić information content (AvgIpc) is 2.86. The summed E-state index contributed by atoms with van der Waals surface area (Å²) in [5.41, 5.74) is 2.89. The van der Waals surface area contributed by atoms with Gasteiger partial charge in [0.15, 0.2) is 0 Å². The normalized spacial score (nSPS) is 13.8. The summed E-state index contributed by atoms with van der Waals surface area (Å²) in [4.78, 5) is 33.2. The third-order valence-electron chi connectivity index (χ3n) is 5.24. The molecule has 0 spiro atoms. The van der Waals surface area contributed by atoms with Crippen molar-refractivity contribution in [3.63, 3.8) is 0 Å². The van der Waals surface area contributed by atoms with E-state index in [4.69, 9.17) is 4.74 Å². The highest BCUT2D eigenvalue weighted by molar-refractivity contribution is 5.82. The van der Waals surface area contributed by atoms with Crippen molar-refractivity contribution in [3.8, 4) is 5.75 Å². The van der Waals surface area contributed by atoms with Crippen LogP contribution in [0.15, 0.2) is 70.7 Å². The topological polar surface area (TPSA) is 105 Å². The quantitative estimate of drug-likeness (QED) is 0.428. The molecule has 0 radical (unpaired) electrons. The summed E-state index contributed by atoms with van der Waals surface area (Å²) in [7, 11) is 1.59. The Morgan fingerprint density at radius 1 is 1.03 bits per heavy atom. The van der Waals surface area contributed by atoms with Gasteiger partial charge in [-0.05, 0) is 48.0 Å². The second kappa shape index (κ2) is 10.4. The van der Waals surface area contributed by atoms with Crippen LogP contribution in [-0.4, -0.2) is 60.2 Å². The highest BCUT2D eigenvalue weighted by Gasteiger charge is 2.19. The number of hydrazone groups is 1. The molecule has 3 heterocycles. The molecule has 0 atom stereocenters. The lowest BCUT2D eigenvalue weighted by Crippen LogP contribution is -2.47. The standard InChI is InChI=1S/C23H25N7O3/c1-33-19-7-5-18(6-8-19)16-25-26-22(31)17-30-23(32)10-9-21(27-30)29-14-12-28(13-15-29)20-4-2-3-11-24-20/h2-11,16H,12-15,17H2,1H3,(H,26,31)/b25-16+. The second-order valence-corrected chi connectivity index (χ2v) is 7.42. The number of hydrogen-bond acceptors (Lipinski definition) is 8. The molecular formula is C23H25N7O3. The third-order valence-corrected chi connectivity index (χ3v) is 5.24. The Morgan fingerprint density at radius 3 is 2.42 bits per heavy atom. The number of amides is 1. The number of anilines is 2. The first kappa shape index (κ1) is 22.0. The SMILES string of the molecule is COc1ccc(/C=N/NC(=O)Cn2nc(N3CCN(c4ccccn4)CC3)ccc2=O)cc1. The van der Waals surface area contributed by atoms with Crippen LogP contribution < -0.4 is 25.5 Å². The number of piperazine rings is 1. The molecule has 10 nitrogen and oxygen atoms in total. The molecule has 33 heavy (non-hydrogen) atoms. The molecule has 0 unspecified atom stereocenters. The average molecular weight is 447 g/mol. The molecule has 2 aromatic heterocycles. The van der Waals surface area contributed by atoms with Crippen molar-refractivity contribution < 1.29 is 9.53 Å². The lowest BCUT2D eigenvalue weighted by atomic mass is 10.2. The highest BCUT2D eigenvalue weighted by Crippen LogP contribution is 2.16. The van der Waals surface area contributed by atoms with Crippen molar-refractivity contribution in [1.82, 2.24) is 20.2 Å². The number of nitrogens with zero attached hydrogens (tertiary/aromatic N) is 6. The summed E-state index contributed by atoms with van der Waals surface area (Å²) in [5.74, 6) is 1.90. The fourth-order valence-corrected chi connectivity index (χ4v) is 3.47. The van der Waals surface area contributed by atoms with E-state index < -0.39 is 5.91 Å². The molecule has 1 fully saturated rings. The Balaban J connectivity index is 1.33. The maximum absolute atomic E-state index is 12.3. The minimum absolute atomic E-state index is 0.222. The maximum atomic E-state index is 12.3. The molecule has 1 amide bonds. The minimum Gasteiger partial charge on any atom is -0.497 e. The van der Waals surface area contributed by atoms with E-state index in [1.54, 1.807) is 31.5 Å². The van der Waals surface area contributed by atoms with Crippen LogP contribution in [0.3, 0.4) is 0 Å². The van der Waals surface area contributed by atoms with Crippen LogP contribution in [0.1, 0.15) is 5.56 Å². The van der Waals surface area contributed by atoms with E-state index in [0.29, 0.717) is 5.82 Å². The molecule has 0 aliphatic carbocycles. The highest BCUT2D eigenvalue weighted by atomic mass is 16.5. The van der Waals surface area contributed by atoms with Gasteiger partial charge in [-0.2, -0.15) is 10.2 Å². The predicted octanol–water partition coefficient (Wildman–Crippen LogP) is 1.12. The number of pyridine rings is 1. The van der Waals surface area contributed by atoms with Crippen molar-refractivity contribution in [2.75, 3.05) is 43.1 Å². The molecule has 170 valence electrons. The molecule has 0 bridgehead atoms. The summed E-state index contributed by atoms with van der Waals surface area (Å²) < 4.78 is 6.26. The Kier molecular flexibility index (Phi) is 6.93. The summed E-state index contributed by atoms with van der Waals surface area (Å²) in [6.45, 7) is 2.83. The van der Waals surface area contributed by atoms with Crippen molar-refractivity contribution in [2.24, 2.45) is 5.10 Å². The molecule has 10 heteroatoms. The second-order valence-electron chi connectivity index (χ2n) is 7.42. The largest absolute Gasteiger partial charge is 0.497 e. The Bertz CT molecular complexity index is 1150. The van der Waals surface area contributed by atoms with E-state index >= 15 is 0 Å². The lowest BCUT2D eigenvalue weighted by Gasteiger charge is -2.36. The zero-order valence-electron chi connectivity index (χ0n) is 18.3. The fourth-order valence-electron chi connectivity index (χ4n) is 3.47. The van der Waals surface area contributed by atoms with Crippen LogP contribution in [0.25, 0.3) is 0 Å². The molecule has 1 aliphatic heterocycles. The van der Waals surface area contributed by atoms with E-state index in [1.807, 2.05) is 30.3 Å². The van der Waals surface area contributed by atoms with E-state index in [9.17, 15) is 9.59 Å². The number of hydrogen-bond donors (Lipinski definition) is 1. The van der Waals surface area contributed by atoms with Gasteiger partial charge in [0.05, 0.1) is 13.3 Å². The van der Waals surface area contributed by atoms with Gasteiger partial charge in [0.2, 0.25) is 0 Å². The van der Waals surface area contributed by atoms with Gasteiger partial charge in [0.1, 0.15) is 23.9 Å². The number of carbonyl (C=O) groups excluding carboxylic acids is 1. The number of nitrogens with one attached hydrogen (secondary N) is 1. The number of rotatable bonds is 7. The van der Waals surface area contributed by atoms with Crippen LogP contribution in [0.5, 0.6) is 5.75 Å². The Labute approximate surface area is 191 Å². The number of carbonyl (C=O) groups is 1. The maximum Gasteiger partial charge on any atom is 0.267 e. The number of ether oxygens (including phenoxy) is 1. The summed E-state index contributed by atoms with van der Waals surface area (Å²) in [6, 6.07) is 16.2. The molecule has 4 rings (SSSR count). The summed E-state index contributed by atoms with van der Waals surface area (Å²) >= 11 is 0. The number of methoxy groups -OCH3 is 1. The predicted molar refractivity (Wildman–Crippen MR) is 126 cm³/mol. The first-order valence-corrected chi connectivity index (χ1v) is 10.6. The number of aromatic nitrogens is 3. The van der Waals surface area contributed by atoms with Crippen LogP contribution in [0, 0.1) is 0 Å². The first-order chi connectivity index (χ1) is 16.1. The van der Waals surface area contributed by atoms with Crippen LogP contribution >= 0.6 is 0 Å². The van der Waals surface area contributed by atoms with Gasteiger partial charge in [-0.1, -0.05) is 6.07 Å². The molecule has 1 N–H and O–H groups in total. The van der Waals surface area contributed by atoms with Gasteiger partial charge in [0, 0.05) is 38.4 Å². The van der Waals surface area contributed by atoms with Crippen molar-refractivity contribution in [3.05, 3.63) is 76.7 Å². The van der Waals surface area contributed by atoms with Gasteiger partial charge in [-0.3, -0.25) is 9.59 Å². The Morgan fingerprint density at radius 2 is 1.76 bits per heavy atom. The molecule has 3 aromatic rings. The zero-order valence-corrected chi connectivity index (χ0v) is 18.3. The van der Waals surface area contributed by atoms with Gasteiger partial charge in [-0.15, -0.1) is 0 Å². The summed E-state index contributed by atoms with van der Waals surface area (Å²) in [5, 5.41) is 8.33. The molecular weight excluding hydrogens is 422 g/mol. The van der Waals surface area contributed by atoms with Crippen molar-refractivity contribution in [2.45, 2.75) is 6.54 Å². The van der Waals surface area contributed by atoms with Crippen molar-refractivity contribution in [1.29, 1.82) is 0 Å². The minimum atomic E-state index is -0.438. The fraction of sp³-hybridized carbons (Fsp3) is 0.261. The van der Waals surface area contributed by atoms with Crippen LogP contribution in [-0.2, 0) is 11.3 Å². The molecule has 1 aliphatic rings. The number of benzene rings is 1. The third kappa shape index (κ3) is 5.73. The molecule has 1 saturated heterocycles. The van der Waals surface area contributed by atoms with E-state index in [-0.39, 0.29) is 12.1 Å². The monoisotopic (exact) mass is 447 g/mol. The van der Waals surface area contributed by atoms with Crippen molar-refractivity contribution >= 4 is 23.8 Å². The van der Waals surface area contributed by atoms with Gasteiger partial charge < -0.3 is 14.5 Å². The van der Waals surface area contributed by atoms with Crippen LogP contribution in [0.4, 0.5) is 11.6 Å². The summed E-state index contributed by atoms with van der Waals surface area (Å²) in [6.07, 6.45) is 3.30. The van der Waals surface area contributed by atoms with E-state index in [0.717, 1.165) is 48.0 Å². The first-order valence-electron chi connectivity index (χ1n) is 10.6. The molecule has 1 aromatic carbocycles. The zero-order chi connectivity index (χ0) is 23.0. The van der Waals surface area contributed by atoms with E-state index in [2.05, 4.69) is 30.4 Å². The lowest BCUT2D eigenvalue weighted by molar-refractivity contribution is -0.121. The Hall–Kier alpha value is -4.21. The smallest absolute Gasteiger partial charge is 0.267 e. The van der Waals surface area contributed by atoms with E-state index in [1.165, 1.54) is 12.3 Å². The van der Waals surface area contributed by atoms with Crippen LogP contribution in [0.2, 0.25) is 0 Å². The van der Waals surface area contributed by atoms with Gasteiger partial charge in [0.25, 0.3) is 11.5 Å². The molecule has 0 saturated carbocycles. The van der Waals surface area contributed by atoms with Gasteiger partial charge >= 0.3 is 0 Å². The van der Waals surface area contributed by atoms with Gasteiger partial charge in [-0.25, -0.2) is 15.1 Å².